The van der Waals surface area contributed by atoms with E-state index in [1.807, 2.05) is 28.8 Å². The number of ether oxygens (including phenoxy) is 1. The number of esters is 1. The van der Waals surface area contributed by atoms with Crippen LogP contribution in [0.15, 0.2) is 24.4 Å². The van der Waals surface area contributed by atoms with Gasteiger partial charge in [-0.05, 0) is 38.3 Å². The maximum atomic E-state index is 12.8. The maximum absolute atomic E-state index is 12.8. The molecule has 3 heterocycles. The van der Waals surface area contributed by atoms with Crippen LogP contribution in [0.3, 0.4) is 0 Å². The Kier molecular flexibility index (Phi) is 4.49. The van der Waals surface area contributed by atoms with Gasteiger partial charge in [-0.3, -0.25) is 14.0 Å². The summed E-state index contributed by atoms with van der Waals surface area (Å²) in [5.41, 5.74) is -0.0589. The highest BCUT2D eigenvalue weighted by molar-refractivity contribution is 5.87. The fourth-order valence-electron chi connectivity index (χ4n) is 3.30. The van der Waals surface area contributed by atoms with E-state index >= 15 is 0 Å². The molecule has 7 nitrogen and oxygen atoms in total. The number of fused-ring (bicyclic) bond motifs is 1. The molecule has 2 aromatic rings. The van der Waals surface area contributed by atoms with Crippen molar-refractivity contribution in [3.05, 3.63) is 30.2 Å². The monoisotopic (exact) mass is 344 g/mol. The lowest BCUT2D eigenvalue weighted by Crippen LogP contribution is -2.42. The van der Waals surface area contributed by atoms with Crippen LogP contribution < -0.4 is 5.32 Å². The molecule has 2 aromatic heterocycles. The van der Waals surface area contributed by atoms with Gasteiger partial charge in [-0.15, -0.1) is 10.2 Å². The summed E-state index contributed by atoms with van der Waals surface area (Å²) in [6.07, 6.45) is 2.72. The highest BCUT2D eigenvalue weighted by atomic mass is 16.6. The topological polar surface area (TPSA) is 85.6 Å². The first-order chi connectivity index (χ1) is 11.8. The summed E-state index contributed by atoms with van der Waals surface area (Å²) < 4.78 is 7.16. The molecule has 0 saturated carbocycles. The van der Waals surface area contributed by atoms with Crippen molar-refractivity contribution < 1.29 is 14.3 Å². The van der Waals surface area contributed by atoms with E-state index in [0.29, 0.717) is 11.7 Å². The van der Waals surface area contributed by atoms with E-state index in [4.69, 9.17) is 4.74 Å². The van der Waals surface area contributed by atoms with E-state index in [1.165, 1.54) is 0 Å². The van der Waals surface area contributed by atoms with Crippen molar-refractivity contribution in [2.75, 3.05) is 0 Å². The number of hydrogen-bond acceptors (Lipinski definition) is 5. The minimum absolute atomic E-state index is 0.105. The Hall–Kier alpha value is -2.44. The third-order valence-corrected chi connectivity index (χ3v) is 4.58. The standard InChI is InChI=1S/C18H24N4O3/c1-11(2)9-13(16-21-20-14-7-5-6-8-22(14)16)19-17(24)12-10-15(23)25-18(12,3)4/h5-8,11-13H,9-10H2,1-4H3,(H,19,24)/t12?,13-/m0/s1. The Morgan fingerprint density at radius 3 is 2.80 bits per heavy atom. The Labute approximate surface area is 146 Å². The molecule has 7 heteroatoms. The zero-order valence-electron chi connectivity index (χ0n) is 15.0. The Bertz CT molecular complexity index is 796. The molecule has 0 radical (unpaired) electrons. The van der Waals surface area contributed by atoms with Crippen LogP contribution in [-0.2, 0) is 14.3 Å². The van der Waals surface area contributed by atoms with Gasteiger partial charge in [0.1, 0.15) is 5.60 Å². The molecule has 25 heavy (non-hydrogen) atoms. The third kappa shape index (κ3) is 3.50. The van der Waals surface area contributed by atoms with Crippen LogP contribution in [-0.4, -0.2) is 32.1 Å². The molecule has 1 N–H and O–H groups in total. The molecule has 1 amide bonds. The average Bonchev–Trinajstić information content (AvgIpc) is 3.06. The maximum Gasteiger partial charge on any atom is 0.307 e. The van der Waals surface area contributed by atoms with Crippen molar-refractivity contribution in [3.63, 3.8) is 0 Å². The second-order valence-corrected chi connectivity index (χ2v) is 7.51. The van der Waals surface area contributed by atoms with E-state index < -0.39 is 11.5 Å². The largest absolute Gasteiger partial charge is 0.459 e. The van der Waals surface area contributed by atoms with Gasteiger partial charge in [0.2, 0.25) is 5.91 Å². The predicted molar refractivity (Wildman–Crippen MR) is 91.6 cm³/mol. The van der Waals surface area contributed by atoms with E-state index in [2.05, 4.69) is 29.4 Å². The first-order valence-electron chi connectivity index (χ1n) is 8.60. The zero-order chi connectivity index (χ0) is 18.2. The molecule has 1 aliphatic rings. The van der Waals surface area contributed by atoms with Crippen LogP contribution in [0.25, 0.3) is 5.65 Å². The Balaban J connectivity index is 1.87. The number of amides is 1. The van der Waals surface area contributed by atoms with Crippen LogP contribution in [0, 0.1) is 11.8 Å². The molecular weight excluding hydrogens is 320 g/mol. The minimum atomic E-state index is -0.795. The summed E-state index contributed by atoms with van der Waals surface area (Å²) in [7, 11) is 0. The van der Waals surface area contributed by atoms with Gasteiger partial charge >= 0.3 is 5.97 Å². The third-order valence-electron chi connectivity index (χ3n) is 4.58. The number of carbonyl (C=O) groups excluding carboxylic acids is 2. The van der Waals surface area contributed by atoms with E-state index in [1.54, 1.807) is 13.8 Å². The summed E-state index contributed by atoms with van der Waals surface area (Å²) in [5.74, 6) is 0.0260. The van der Waals surface area contributed by atoms with Gasteiger partial charge in [-0.1, -0.05) is 19.9 Å². The van der Waals surface area contributed by atoms with Crippen molar-refractivity contribution in [2.24, 2.45) is 11.8 Å². The molecule has 2 atom stereocenters. The Morgan fingerprint density at radius 2 is 2.16 bits per heavy atom. The molecule has 0 bridgehead atoms. The number of nitrogens with one attached hydrogen (secondary N) is 1. The molecule has 1 aliphatic heterocycles. The van der Waals surface area contributed by atoms with Crippen molar-refractivity contribution in [3.8, 4) is 0 Å². The van der Waals surface area contributed by atoms with E-state index in [-0.39, 0.29) is 24.3 Å². The van der Waals surface area contributed by atoms with E-state index in [0.717, 1.165) is 12.1 Å². The molecule has 0 spiro atoms. The van der Waals surface area contributed by atoms with Gasteiger partial charge in [-0.2, -0.15) is 0 Å². The summed E-state index contributed by atoms with van der Waals surface area (Å²) in [4.78, 5) is 24.4. The minimum Gasteiger partial charge on any atom is -0.459 e. The van der Waals surface area contributed by atoms with Gasteiger partial charge in [0, 0.05) is 6.20 Å². The van der Waals surface area contributed by atoms with Crippen molar-refractivity contribution in [1.82, 2.24) is 19.9 Å². The number of aromatic nitrogens is 3. The molecule has 1 saturated heterocycles. The highest BCUT2D eigenvalue weighted by Crippen LogP contribution is 2.33. The zero-order valence-corrected chi connectivity index (χ0v) is 15.0. The second kappa shape index (κ2) is 6.46. The van der Waals surface area contributed by atoms with Crippen LogP contribution in [0.1, 0.15) is 52.4 Å². The van der Waals surface area contributed by atoms with Gasteiger partial charge in [0.05, 0.1) is 18.4 Å². The van der Waals surface area contributed by atoms with Gasteiger partial charge in [0.25, 0.3) is 0 Å². The Morgan fingerprint density at radius 1 is 1.40 bits per heavy atom. The summed E-state index contributed by atoms with van der Waals surface area (Å²) >= 11 is 0. The first-order valence-corrected chi connectivity index (χ1v) is 8.60. The molecule has 134 valence electrons. The highest BCUT2D eigenvalue weighted by Gasteiger charge is 2.46. The summed E-state index contributed by atoms with van der Waals surface area (Å²) in [6.45, 7) is 7.72. The average molecular weight is 344 g/mol. The second-order valence-electron chi connectivity index (χ2n) is 7.51. The van der Waals surface area contributed by atoms with Gasteiger partial charge in [-0.25, -0.2) is 0 Å². The lowest BCUT2D eigenvalue weighted by molar-refractivity contribution is -0.147. The molecule has 3 rings (SSSR count). The number of nitrogens with zero attached hydrogens (tertiary/aromatic N) is 3. The molecule has 1 fully saturated rings. The van der Waals surface area contributed by atoms with Gasteiger partial charge in [0.15, 0.2) is 11.5 Å². The van der Waals surface area contributed by atoms with Crippen molar-refractivity contribution in [2.45, 2.75) is 52.2 Å². The smallest absolute Gasteiger partial charge is 0.307 e. The predicted octanol–water partition coefficient (Wildman–Crippen LogP) is 2.27. The quantitative estimate of drug-likeness (QED) is 0.841. The van der Waals surface area contributed by atoms with Gasteiger partial charge < -0.3 is 10.1 Å². The van der Waals surface area contributed by atoms with E-state index in [9.17, 15) is 9.59 Å². The summed E-state index contributed by atoms with van der Waals surface area (Å²) in [6, 6.07) is 5.39. The van der Waals surface area contributed by atoms with Crippen LogP contribution >= 0.6 is 0 Å². The first kappa shape index (κ1) is 17.4. The summed E-state index contributed by atoms with van der Waals surface area (Å²) in [5, 5.41) is 11.5. The molecular formula is C18H24N4O3. The van der Waals surface area contributed by atoms with Crippen molar-refractivity contribution >= 4 is 17.5 Å². The number of carbonyl (C=O) groups is 2. The number of hydrogen-bond donors (Lipinski definition) is 1. The number of cyclic esters (lactones) is 1. The SMILES string of the molecule is CC(C)C[C@H](NC(=O)C1CC(=O)OC1(C)C)c1nnc2ccccn12. The van der Waals surface area contributed by atoms with Crippen LogP contribution in [0.4, 0.5) is 0 Å². The fraction of sp³-hybridized carbons (Fsp3) is 0.556. The molecule has 1 unspecified atom stereocenters. The van der Waals surface area contributed by atoms with Crippen LogP contribution in [0.2, 0.25) is 0 Å². The molecule has 0 aromatic carbocycles. The van der Waals surface area contributed by atoms with Crippen LogP contribution in [0.5, 0.6) is 0 Å². The molecule has 0 aliphatic carbocycles. The number of pyridine rings is 1. The normalized spacial score (nSPS) is 20.7. The lowest BCUT2D eigenvalue weighted by atomic mass is 9.89. The lowest BCUT2D eigenvalue weighted by Gasteiger charge is -2.26. The fourth-order valence-corrected chi connectivity index (χ4v) is 3.30. The number of rotatable bonds is 5. The van der Waals surface area contributed by atoms with Crippen molar-refractivity contribution in [1.29, 1.82) is 0 Å².